The highest BCUT2D eigenvalue weighted by Crippen LogP contribution is 2.20. The summed E-state index contributed by atoms with van der Waals surface area (Å²) >= 11 is 3.42. The molecule has 0 amide bonds. The van der Waals surface area contributed by atoms with Crippen molar-refractivity contribution in [1.29, 1.82) is 0 Å². The third-order valence-electron chi connectivity index (χ3n) is 3.49. The molecule has 0 aliphatic carbocycles. The van der Waals surface area contributed by atoms with E-state index in [1.807, 2.05) is 84.9 Å². The number of rotatable bonds is 4. The number of oxime groups is 1. The Morgan fingerprint density at radius 1 is 0.667 bits per heavy atom. The van der Waals surface area contributed by atoms with E-state index < -0.39 is 0 Å². The molecule has 3 rings (SSSR count). The van der Waals surface area contributed by atoms with E-state index in [-0.39, 0.29) is 0 Å². The third kappa shape index (κ3) is 3.78. The first-order valence-corrected chi connectivity index (χ1v) is 8.25. The van der Waals surface area contributed by atoms with Crippen molar-refractivity contribution in [1.82, 2.24) is 0 Å². The van der Waals surface area contributed by atoms with E-state index >= 15 is 0 Å². The highest BCUT2D eigenvalue weighted by Gasteiger charge is 2.15. The molecule has 3 aromatic carbocycles. The molecule has 118 valence electrons. The lowest BCUT2D eigenvalue weighted by atomic mass is 9.99. The second-order valence-electron chi connectivity index (χ2n) is 5.12. The van der Waals surface area contributed by atoms with Crippen molar-refractivity contribution >= 4 is 33.0 Å². The van der Waals surface area contributed by atoms with Gasteiger partial charge in [-0.15, -0.1) is 0 Å². The topological polar surface area (TPSA) is 45.0 Å². The third-order valence-corrected chi connectivity index (χ3v) is 4.01. The molecule has 1 N–H and O–H groups in total. The maximum atomic E-state index is 9.63. The molecule has 0 saturated carbocycles. The Morgan fingerprint density at radius 2 is 1.17 bits per heavy atom. The van der Waals surface area contributed by atoms with Crippen molar-refractivity contribution in [3.8, 4) is 0 Å². The maximum Gasteiger partial charge on any atom is 0.136 e. The lowest BCUT2D eigenvalue weighted by molar-refractivity contribution is 0.320. The van der Waals surface area contributed by atoms with Crippen LogP contribution in [0.3, 0.4) is 0 Å². The van der Waals surface area contributed by atoms with Crippen LogP contribution in [0.2, 0.25) is 0 Å². The van der Waals surface area contributed by atoms with Gasteiger partial charge in [0.2, 0.25) is 0 Å². The summed E-state index contributed by atoms with van der Waals surface area (Å²) in [6.45, 7) is 0. The van der Waals surface area contributed by atoms with Crippen LogP contribution in [0.1, 0.15) is 11.1 Å². The fourth-order valence-corrected chi connectivity index (χ4v) is 2.60. The molecule has 0 heterocycles. The van der Waals surface area contributed by atoms with Crippen LogP contribution in [0.15, 0.2) is 99.5 Å². The fourth-order valence-electron chi connectivity index (χ4n) is 2.33. The summed E-state index contributed by atoms with van der Waals surface area (Å²) in [7, 11) is 0. The van der Waals surface area contributed by atoms with Gasteiger partial charge >= 0.3 is 0 Å². The van der Waals surface area contributed by atoms with Crippen LogP contribution in [0.4, 0.5) is 5.69 Å². The van der Waals surface area contributed by atoms with Gasteiger partial charge in [0.05, 0.1) is 5.69 Å². The number of hydrogen-bond acceptors (Lipinski definition) is 3. The predicted molar refractivity (Wildman–Crippen MR) is 102 cm³/mol. The standard InChI is InChI=1S/C20H15BrN2O/c21-17-11-13-18(14-12-17)22-19(15-7-3-1-4-8-15)20(23-24)16-9-5-2-6-10-16/h1-14,24H/b22-19?,23-20-. The monoisotopic (exact) mass is 378 g/mol. The Bertz CT molecular complexity index is 857. The zero-order chi connectivity index (χ0) is 16.8. The fraction of sp³-hybridized carbons (Fsp3) is 0. The average molecular weight is 379 g/mol. The zero-order valence-electron chi connectivity index (χ0n) is 12.8. The minimum atomic E-state index is 0.435. The van der Waals surface area contributed by atoms with Crippen molar-refractivity contribution < 1.29 is 5.21 Å². The maximum absolute atomic E-state index is 9.63. The first-order chi connectivity index (χ1) is 11.8. The van der Waals surface area contributed by atoms with Crippen LogP contribution in [-0.2, 0) is 0 Å². The predicted octanol–water partition coefficient (Wildman–Crippen LogP) is 5.45. The average Bonchev–Trinajstić information content (AvgIpc) is 2.65. The van der Waals surface area contributed by atoms with Gasteiger partial charge in [-0.05, 0) is 24.3 Å². The van der Waals surface area contributed by atoms with Gasteiger partial charge in [0.1, 0.15) is 11.4 Å². The van der Waals surface area contributed by atoms with E-state index in [1.165, 1.54) is 0 Å². The second-order valence-corrected chi connectivity index (χ2v) is 6.03. The number of hydrogen-bond donors (Lipinski definition) is 1. The summed E-state index contributed by atoms with van der Waals surface area (Å²) in [5, 5.41) is 13.2. The first kappa shape index (κ1) is 16.1. The Balaban J connectivity index is 2.14. The van der Waals surface area contributed by atoms with Gasteiger partial charge in [-0.3, -0.25) is 0 Å². The molecule has 0 unspecified atom stereocenters. The van der Waals surface area contributed by atoms with E-state index in [4.69, 9.17) is 4.99 Å². The molecular weight excluding hydrogens is 364 g/mol. The second kappa shape index (κ2) is 7.70. The van der Waals surface area contributed by atoms with Crippen LogP contribution in [0, 0.1) is 0 Å². The van der Waals surface area contributed by atoms with Crippen molar-refractivity contribution in [2.24, 2.45) is 10.1 Å². The molecule has 0 aromatic heterocycles. The van der Waals surface area contributed by atoms with Crippen LogP contribution in [0.5, 0.6) is 0 Å². The van der Waals surface area contributed by atoms with Gasteiger partial charge in [-0.25, -0.2) is 4.99 Å². The van der Waals surface area contributed by atoms with Crippen molar-refractivity contribution in [2.75, 3.05) is 0 Å². The van der Waals surface area contributed by atoms with E-state index in [9.17, 15) is 5.21 Å². The van der Waals surface area contributed by atoms with Crippen LogP contribution < -0.4 is 0 Å². The minimum Gasteiger partial charge on any atom is -0.410 e. The van der Waals surface area contributed by atoms with E-state index in [1.54, 1.807) is 0 Å². The molecule has 0 spiro atoms. The highest BCUT2D eigenvalue weighted by atomic mass is 79.9. The largest absolute Gasteiger partial charge is 0.410 e. The molecule has 3 aromatic rings. The number of benzene rings is 3. The Labute approximate surface area is 149 Å². The van der Waals surface area contributed by atoms with Crippen LogP contribution >= 0.6 is 15.9 Å². The van der Waals surface area contributed by atoms with Gasteiger partial charge in [-0.1, -0.05) is 81.7 Å². The Kier molecular flexibility index (Phi) is 5.18. The lowest BCUT2D eigenvalue weighted by Gasteiger charge is -2.10. The summed E-state index contributed by atoms with van der Waals surface area (Å²) in [4.78, 5) is 4.72. The minimum absolute atomic E-state index is 0.435. The van der Waals surface area contributed by atoms with Crippen molar-refractivity contribution in [3.63, 3.8) is 0 Å². The molecule has 0 radical (unpaired) electrons. The van der Waals surface area contributed by atoms with Gasteiger partial charge < -0.3 is 5.21 Å². The summed E-state index contributed by atoms with van der Waals surface area (Å²) < 4.78 is 0.988. The van der Waals surface area contributed by atoms with Gasteiger partial charge in [0.15, 0.2) is 0 Å². The van der Waals surface area contributed by atoms with Crippen LogP contribution in [0.25, 0.3) is 0 Å². The SMILES string of the molecule is O/N=C(\C(=Nc1ccc(Br)cc1)c1ccccc1)c1ccccc1. The number of nitrogens with zero attached hydrogens (tertiary/aromatic N) is 2. The normalized spacial score (nSPS) is 12.2. The molecule has 24 heavy (non-hydrogen) atoms. The molecule has 0 saturated heterocycles. The molecule has 4 heteroatoms. The van der Waals surface area contributed by atoms with Gasteiger partial charge in [0, 0.05) is 15.6 Å². The van der Waals surface area contributed by atoms with Gasteiger partial charge in [-0.2, -0.15) is 0 Å². The molecule has 0 fully saturated rings. The van der Waals surface area contributed by atoms with Crippen LogP contribution in [-0.4, -0.2) is 16.6 Å². The lowest BCUT2D eigenvalue weighted by Crippen LogP contribution is -2.17. The molecule has 3 nitrogen and oxygen atoms in total. The molecule has 0 aliphatic rings. The Morgan fingerprint density at radius 3 is 1.67 bits per heavy atom. The zero-order valence-corrected chi connectivity index (χ0v) is 14.4. The van der Waals surface area contributed by atoms with Crippen molar-refractivity contribution in [2.45, 2.75) is 0 Å². The molecule has 0 aliphatic heterocycles. The summed E-state index contributed by atoms with van der Waals surface area (Å²) in [6, 6.07) is 26.9. The summed E-state index contributed by atoms with van der Waals surface area (Å²) in [6.07, 6.45) is 0. The summed E-state index contributed by atoms with van der Waals surface area (Å²) in [5.41, 5.74) is 3.53. The highest BCUT2D eigenvalue weighted by molar-refractivity contribution is 9.10. The molecular formula is C20H15BrN2O. The smallest absolute Gasteiger partial charge is 0.136 e. The summed E-state index contributed by atoms with van der Waals surface area (Å²) in [5.74, 6) is 0. The van der Waals surface area contributed by atoms with Crippen molar-refractivity contribution in [3.05, 3.63) is 101 Å². The van der Waals surface area contributed by atoms with Gasteiger partial charge in [0.25, 0.3) is 0 Å². The molecule has 0 bridgehead atoms. The Hall–Kier alpha value is -2.72. The molecule has 0 atom stereocenters. The quantitative estimate of drug-likeness (QED) is 0.366. The van der Waals surface area contributed by atoms with E-state index in [2.05, 4.69) is 21.1 Å². The number of halogens is 1. The first-order valence-electron chi connectivity index (χ1n) is 7.45. The van der Waals surface area contributed by atoms with E-state index in [0.717, 1.165) is 21.3 Å². The van der Waals surface area contributed by atoms with E-state index in [0.29, 0.717) is 11.4 Å². The number of aliphatic imine (C=N–C) groups is 1.